The summed E-state index contributed by atoms with van der Waals surface area (Å²) in [6.07, 6.45) is 6.60. The van der Waals surface area contributed by atoms with E-state index in [2.05, 4.69) is 66.7 Å². The molecular weight excluding hydrogens is 404 g/mol. The van der Waals surface area contributed by atoms with Crippen molar-refractivity contribution >= 4 is 17.6 Å². The summed E-state index contributed by atoms with van der Waals surface area (Å²) in [5.74, 6) is 0.352. The van der Waals surface area contributed by atoms with Gasteiger partial charge in [-0.2, -0.15) is 0 Å². The Hall–Kier alpha value is -2.35. The van der Waals surface area contributed by atoms with Gasteiger partial charge in [0.05, 0.1) is 12.2 Å². The molecule has 3 rings (SSSR count). The van der Waals surface area contributed by atoms with Crippen molar-refractivity contribution in [3.8, 4) is 0 Å². The lowest BCUT2D eigenvalue weighted by Gasteiger charge is -2.42. The first-order valence-electron chi connectivity index (χ1n) is 12.6. The number of hydrogen-bond acceptors (Lipinski definition) is 2. The van der Waals surface area contributed by atoms with E-state index in [9.17, 15) is 4.79 Å². The van der Waals surface area contributed by atoms with E-state index in [-0.39, 0.29) is 16.8 Å². The topological polar surface area (TPSA) is 26.3 Å². The van der Waals surface area contributed by atoms with Crippen molar-refractivity contribution in [3.05, 3.63) is 69.8 Å². The molecule has 2 heteroatoms. The lowest BCUT2D eigenvalue weighted by Crippen LogP contribution is -2.34. The van der Waals surface area contributed by atoms with Gasteiger partial charge in [0.1, 0.15) is 0 Å². The Labute approximate surface area is 201 Å². The predicted molar refractivity (Wildman–Crippen MR) is 141 cm³/mol. The molecule has 2 aromatic rings. The van der Waals surface area contributed by atoms with Crippen molar-refractivity contribution in [3.63, 3.8) is 0 Å². The third-order valence-corrected chi connectivity index (χ3v) is 7.10. The molecular formula is C31H42O2. The summed E-state index contributed by atoms with van der Waals surface area (Å²) in [4.78, 5) is 12.1. The van der Waals surface area contributed by atoms with Gasteiger partial charge in [0.2, 0.25) is 0 Å². The van der Waals surface area contributed by atoms with Crippen LogP contribution in [-0.2, 0) is 22.0 Å². The highest BCUT2D eigenvalue weighted by Crippen LogP contribution is 2.47. The van der Waals surface area contributed by atoms with E-state index in [0.29, 0.717) is 18.1 Å². The zero-order valence-corrected chi connectivity index (χ0v) is 22.0. The molecule has 0 saturated carbocycles. The van der Waals surface area contributed by atoms with Crippen molar-refractivity contribution in [2.75, 3.05) is 6.61 Å². The van der Waals surface area contributed by atoms with E-state index in [1.165, 1.54) is 40.7 Å². The van der Waals surface area contributed by atoms with Crippen LogP contribution in [0.15, 0.2) is 36.4 Å². The molecule has 0 spiro atoms. The minimum Gasteiger partial charge on any atom is -0.462 e. The van der Waals surface area contributed by atoms with Crippen molar-refractivity contribution < 1.29 is 9.53 Å². The second kappa shape index (κ2) is 9.87. The summed E-state index contributed by atoms with van der Waals surface area (Å²) >= 11 is 0. The fraction of sp³-hybridized carbons (Fsp3) is 0.516. The average molecular weight is 447 g/mol. The molecule has 0 bridgehead atoms. The second-order valence-corrected chi connectivity index (χ2v) is 11.5. The van der Waals surface area contributed by atoms with Gasteiger partial charge in [-0.3, -0.25) is 0 Å². The van der Waals surface area contributed by atoms with Crippen LogP contribution in [0, 0.1) is 5.92 Å². The third-order valence-electron chi connectivity index (χ3n) is 7.10. The number of allylic oxidation sites excluding steroid dienone is 1. The Morgan fingerprint density at radius 1 is 1.00 bits per heavy atom. The molecule has 0 atom stereocenters. The number of carbonyl (C=O) groups is 1. The SMILES string of the molecule is CCCOC(=O)c1ccc(C=C(C)c2cc3c(cc2CC(C)C)C(C)(C)CCC3(C)C)cc1. The molecule has 1 aliphatic carbocycles. The lowest BCUT2D eigenvalue weighted by atomic mass is 9.62. The first-order valence-corrected chi connectivity index (χ1v) is 12.6. The van der Waals surface area contributed by atoms with Gasteiger partial charge in [-0.05, 0) is 94.9 Å². The van der Waals surface area contributed by atoms with Crippen LogP contribution in [-0.4, -0.2) is 12.6 Å². The number of fused-ring (bicyclic) bond motifs is 1. The van der Waals surface area contributed by atoms with E-state index < -0.39 is 0 Å². The molecule has 2 nitrogen and oxygen atoms in total. The number of ether oxygens (including phenoxy) is 1. The Morgan fingerprint density at radius 2 is 1.58 bits per heavy atom. The molecule has 0 unspecified atom stereocenters. The minimum absolute atomic E-state index is 0.191. The average Bonchev–Trinajstić information content (AvgIpc) is 2.75. The summed E-state index contributed by atoms with van der Waals surface area (Å²) in [7, 11) is 0. The molecule has 33 heavy (non-hydrogen) atoms. The van der Waals surface area contributed by atoms with Gasteiger partial charge in [0.25, 0.3) is 0 Å². The third kappa shape index (κ3) is 5.78. The van der Waals surface area contributed by atoms with Gasteiger partial charge in [0.15, 0.2) is 0 Å². The molecule has 0 N–H and O–H groups in total. The van der Waals surface area contributed by atoms with Gasteiger partial charge in [0, 0.05) is 0 Å². The van der Waals surface area contributed by atoms with Crippen molar-refractivity contribution in [1.29, 1.82) is 0 Å². The van der Waals surface area contributed by atoms with Crippen molar-refractivity contribution in [2.45, 2.75) is 91.9 Å². The van der Waals surface area contributed by atoms with Gasteiger partial charge in [-0.1, -0.05) is 78.8 Å². The summed E-state index contributed by atoms with van der Waals surface area (Å²) < 4.78 is 5.25. The molecule has 0 aromatic heterocycles. The highest BCUT2D eigenvalue weighted by Gasteiger charge is 2.37. The first kappa shape index (κ1) is 25.3. The van der Waals surface area contributed by atoms with Crippen LogP contribution in [0.1, 0.15) is 113 Å². The summed E-state index contributed by atoms with van der Waals surface area (Å²) in [5, 5.41) is 0. The monoisotopic (exact) mass is 446 g/mol. The molecule has 1 aliphatic rings. The van der Waals surface area contributed by atoms with Crippen molar-refractivity contribution in [2.24, 2.45) is 5.92 Å². The smallest absolute Gasteiger partial charge is 0.338 e. The zero-order chi connectivity index (χ0) is 24.4. The number of benzene rings is 2. The van der Waals surface area contributed by atoms with E-state index in [1.54, 1.807) is 0 Å². The largest absolute Gasteiger partial charge is 0.462 e. The maximum atomic E-state index is 12.1. The van der Waals surface area contributed by atoms with Crippen LogP contribution in [0.4, 0.5) is 0 Å². The zero-order valence-electron chi connectivity index (χ0n) is 22.0. The first-order chi connectivity index (χ1) is 15.4. The van der Waals surface area contributed by atoms with E-state index in [0.717, 1.165) is 18.4 Å². The van der Waals surface area contributed by atoms with Gasteiger partial charge in [-0.15, -0.1) is 0 Å². The Bertz CT molecular complexity index is 1020. The van der Waals surface area contributed by atoms with Gasteiger partial charge >= 0.3 is 5.97 Å². The van der Waals surface area contributed by atoms with E-state index in [4.69, 9.17) is 4.74 Å². The van der Waals surface area contributed by atoms with Crippen LogP contribution >= 0.6 is 0 Å². The molecule has 2 aromatic carbocycles. The molecule has 178 valence electrons. The quantitative estimate of drug-likeness (QED) is 0.315. The van der Waals surface area contributed by atoms with Crippen molar-refractivity contribution in [1.82, 2.24) is 0 Å². The molecule has 0 amide bonds. The molecule has 0 fully saturated rings. The lowest BCUT2D eigenvalue weighted by molar-refractivity contribution is 0.0505. The Kier molecular flexibility index (Phi) is 7.56. The minimum atomic E-state index is -0.247. The summed E-state index contributed by atoms with van der Waals surface area (Å²) in [6.45, 7) is 18.9. The predicted octanol–water partition coefficient (Wildman–Crippen LogP) is 8.36. The molecule has 0 saturated heterocycles. The summed E-state index contributed by atoms with van der Waals surface area (Å²) in [5.41, 5.74) is 9.23. The highest BCUT2D eigenvalue weighted by atomic mass is 16.5. The maximum Gasteiger partial charge on any atom is 0.338 e. The van der Waals surface area contributed by atoms with Crippen LogP contribution in [0.5, 0.6) is 0 Å². The van der Waals surface area contributed by atoms with Gasteiger partial charge in [-0.25, -0.2) is 4.79 Å². The van der Waals surface area contributed by atoms with E-state index >= 15 is 0 Å². The van der Waals surface area contributed by atoms with Crippen LogP contribution in [0.2, 0.25) is 0 Å². The molecule has 0 radical (unpaired) electrons. The Morgan fingerprint density at radius 3 is 2.12 bits per heavy atom. The number of carbonyl (C=O) groups excluding carboxylic acids is 1. The standard InChI is InChI=1S/C31H42O2/c1-9-16-33-29(32)24-12-10-23(11-13-24)18-22(4)26-20-28-27(19-25(26)17-21(2)3)30(5,6)14-15-31(28,7)8/h10-13,18-21H,9,14-17H2,1-8H3. The second-order valence-electron chi connectivity index (χ2n) is 11.5. The van der Waals surface area contributed by atoms with Crippen LogP contribution < -0.4 is 0 Å². The highest BCUT2D eigenvalue weighted by molar-refractivity contribution is 5.90. The van der Waals surface area contributed by atoms with E-state index in [1.807, 2.05) is 31.2 Å². The fourth-order valence-corrected chi connectivity index (χ4v) is 4.96. The van der Waals surface area contributed by atoms with Crippen LogP contribution in [0.3, 0.4) is 0 Å². The normalized spacial score (nSPS) is 17.1. The number of rotatable bonds is 7. The molecule has 0 heterocycles. The van der Waals surface area contributed by atoms with Gasteiger partial charge < -0.3 is 4.74 Å². The summed E-state index contributed by atoms with van der Waals surface area (Å²) in [6, 6.07) is 12.8. The molecule has 0 aliphatic heterocycles. The number of esters is 1. The maximum absolute atomic E-state index is 12.1. The van der Waals surface area contributed by atoms with Crippen LogP contribution in [0.25, 0.3) is 11.6 Å². The fourth-order valence-electron chi connectivity index (χ4n) is 4.96. The Balaban J connectivity index is 2.02. The number of hydrogen-bond donors (Lipinski definition) is 0.